The van der Waals surface area contributed by atoms with Gasteiger partial charge in [0.25, 0.3) is 5.91 Å². The fourth-order valence-corrected chi connectivity index (χ4v) is 2.58. The smallest absolute Gasteiger partial charge is 0.273 e. The Bertz CT molecular complexity index is 957. The van der Waals surface area contributed by atoms with Crippen LogP contribution < -0.4 is 15.4 Å². The number of hydrogen-bond acceptors (Lipinski definition) is 7. The van der Waals surface area contributed by atoms with E-state index in [9.17, 15) is 4.79 Å². The molecular formula is C17H16ClN5O3. The number of aromatic nitrogens is 3. The second-order valence-corrected chi connectivity index (χ2v) is 5.74. The van der Waals surface area contributed by atoms with Gasteiger partial charge >= 0.3 is 0 Å². The molecule has 0 fully saturated rings. The maximum absolute atomic E-state index is 12.0. The van der Waals surface area contributed by atoms with Crippen molar-refractivity contribution in [1.29, 1.82) is 0 Å². The van der Waals surface area contributed by atoms with Gasteiger partial charge in [-0.05, 0) is 19.1 Å². The first-order valence-corrected chi connectivity index (χ1v) is 8.04. The zero-order valence-electron chi connectivity index (χ0n) is 14.3. The number of nitrogens with one attached hydrogen (secondary N) is 2. The monoisotopic (exact) mass is 373 g/mol. The zero-order valence-corrected chi connectivity index (χ0v) is 15.1. The number of rotatable bonds is 5. The average Bonchev–Trinajstić information content (AvgIpc) is 3.07. The molecule has 3 aromatic rings. The third-order valence-electron chi connectivity index (χ3n) is 3.59. The second-order valence-electron chi connectivity index (χ2n) is 5.35. The Hall–Kier alpha value is -3.13. The molecular weight excluding hydrogens is 358 g/mol. The number of methoxy groups -OCH3 is 1. The summed E-state index contributed by atoms with van der Waals surface area (Å²) >= 11 is 5.93. The number of anilines is 2. The van der Waals surface area contributed by atoms with Crippen molar-refractivity contribution >= 4 is 28.9 Å². The lowest BCUT2D eigenvalue weighted by Gasteiger charge is -2.15. The molecule has 1 amide bonds. The van der Waals surface area contributed by atoms with Gasteiger partial charge in [0.2, 0.25) is 0 Å². The number of amides is 1. The minimum absolute atomic E-state index is 0.111. The van der Waals surface area contributed by atoms with Gasteiger partial charge in [-0.15, -0.1) is 10.2 Å². The van der Waals surface area contributed by atoms with E-state index < -0.39 is 5.91 Å². The Morgan fingerprint density at radius 2 is 2.04 bits per heavy atom. The molecule has 0 bridgehead atoms. The second kappa shape index (κ2) is 7.40. The number of carbonyl (C=O) groups is 1. The third-order valence-corrected chi connectivity index (χ3v) is 3.77. The van der Waals surface area contributed by atoms with Gasteiger partial charge in [-0.25, -0.2) is 0 Å². The average molecular weight is 374 g/mol. The molecule has 26 heavy (non-hydrogen) atoms. The topological polar surface area (TPSA) is 102 Å². The van der Waals surface area contributed by atoms with Crippen molar-refractivity contribution in [2.24, 2.45) is 0 Å². The molecule has 0 saturated heterocycles. The van der Waals surface area contributed by atoms with Crippen LogP contribution in [0.1, 0.15) is 16.2 Å². The molecule has 2 heterocycles. The molecule has 0 aliphatic rings. The van der Waals surface area contributed by atoms with E-state index >= 15 is 0 Å². The Morgan fingerprint density at radius 3 is 2.69 bits per heavy atom. The first kappa shape index (κ1) is 17.7. The van der Waals surface area contributed by atoms with Crippen molar-refractivity contribution in [1.82, 2.24) is 20.7 Å². The van der Waals surface area contributed by atoms with E-state index in [1.165, 1.54) is 13.1 Å². The maximum atomic E-state index is 12.0. The molecule has 2 N–H and O–H groups in total. The highest BCUT2D eigenvalue weighted by molar-refractivity contribution is 6.29. The normalized spacial score (nSPS) is 10.5. The summed E-state index contributed by atoms with van der Waals surface area (Å²) in [6.45, 7) is 1.84. The van der Waals surface area contributed by atoms with Gasteiger partial charge in [-0.2, -0.15) is 0 Å². The van der Waals surface area contributed by atoms with Crippen LogP contribution in [0.15, 0.2) is 34.9 Å². The van der Waals surface area contributed by atoms with Crippen LogP contribution in [0.25, 0.3) is 11.3 Å². The van der Waals surface area contributed by atoms with E-state index in [2.05, 4.69) is 26.0 Å². The summed E-state index contributed by atoms with van der Waals surface area (Å²) in [7, 11) is 3.06. The van der Waals surface area contributed by atoms with E-state index in [-0.39, 0.29) is 10.8 Å². The van der Waals surface area contributed by atoms with Crippen LogP contribution in [0, 0.1) is 6.92 Å². The van der Waals surface area contributed by atoms with Crippen molar-refractivity contribution in [3.05, 3.63) is 46.9 Å². The Balaban J connectivity index is 2.06. The van der Waals surface area contributed by atoms with Crippen molar-refractivity contribution in [3.63, 3.8) is 0 Å². The summed E-state index contributed by atoms with van der Waals surface area (Å²) < 4.78 is 10.9. The predicted molar refractivity (Wildman–Crippen MR) is 96.9 cm³/mol. The van der Waals surface area contributed by atoms with Crippen LogP contribution in [-0.2, 0) is 0 Å². The number of aryl methyl sites for hydroxylation is 1. The van der Waals surface area contributed by atoms with Crippen molar-refractivity contribution in [3.8, 4) is 17.1 Å². The minimum Gasteiger partial charge on any atom is -0.494 e. The zero-order chi connectivity index (χ0) is 18.7. The van der Waals surface area contributed by atoms with Gasteiger partial charge < -0.3 is 19.9 Å². The molecule has 2 aromatic heterocycles. The first-order valence-electron chi connectivity index (χ1n) is 7.66. The number of nitrogens with zero attached hydrogens (tertiary/aromatic N) is 3. The van der Waals surface area contributed by atoms with Crippen LogP contribution in [0.2, 0.25) is 5.15 Å². The molecule has 8 nitrogen and oxygen atoms in total. The number of ether oxygens (including phenoxy) is 1. The number of halogens is 1. The highest BCUT2D eigenvalue weighted by Crippen LogP contribution is 2.38. The molecule has 0 aliphatic carbocycles. The van der Waals surface area contributed by atoms with Crippen LogP contribution in [0.3, 0.4) is 0 Å². The van der Waals surface area contributed by atoms with E-state index in [0.717, 1.165) is 5.69 Å². The van der Waals surface area contributed by atoms with Gasteiger partial charge in [-0.1, -0.05) is 22.8 Å². The summed E-state index contributed by atoms with van der Waals surface area (Å²) in [6, 6.07) is 8.80. The highest BCUT2D eigenvalue weighted by atomic mass is 35.5. The number of para-hydroxylation sites is 1. The molecule has 3 rings (SSSR count). The molecule has 0 aliphatic heterocycles. The standard InChI is InChI=1S/C17H16ClN5O3/c1-9-7-13(26-23-9)10-5-4-6-11(16(10)25-3)20-12-8-14(18)21-22-15(12)17(24)19-2/h4-8H,1-3H3,(H,19,24)(H,20,21). The van der Waals surface area contributed by atoms with Crippen molar-refractivity contribution < 1.29 is 14.1 Å². The summed E-state index contributed by atoms with van der Waals surface area (Å²) in [4.78, 5) is 12.0. The Morgan fingerprint density at radius 1 is 1.23 bits per heavy atom. The molecule has 0 unspecified atom stereocenters. The van der Waals surface area contributed by atoms with E-state index in [0.29, 0.717) is 28.4 Å². The molecule has 0 spiro atoms. The lowest BCUT2D eigenvalue weighted by Crippen LogP contribution is -2.21. The Labute approximate surface area is 154 Å². The largest absolute Gasteiger partial charge is 0.494 e. The third kappa shape index (κ3) is 3.45. The van der Waals surface area contributed by atoms with Gasteiger partial charge in [0.1, 0.15) is 0 Å². The SMILES string of the molecule is CNC(=O)c1nnc(Cl)cc1Nc1cccc(-c2cc(C)no2)c1OC. The van der Waals surface area contributed by atoms with Crippen molar-refractivity contribution in [2.45, 2.75) is 6.92 Å². The molecule has 9 heteroatoms. The summed E-state index contributed by atoms with van der Waals surface area (Å²) in [5, 5.41) is 17.3. The van der Waals surface area contributed by atoms with E-state index in [1.54, 1.807) is 13.2 Å². The van der Waals surface area contributed by atoms with Gasteiger partial charge in [0, 0.05) is 19.2 Å². The number of carbonyl (C=O) groups excluding carboxylic acids is 1. The first-order chi connectivity index (χ1) is 12.5. The van der Waals surface area contributed by atoms with E-state index in [4.69, 9.17) is 20.9 Å². The predicted octanol–water partition coefficient (Wildman–Crippen LogP) is 3.21. The molecule has 1 aromatic carbocycles. The summed E-state index contributed by atoms with van der Waals surface area (Å²) in [5.74, 6) is 0.706. The highest BCUT2D eigenvalue weighted by Gasteiger charge is 2.18. The number of benzene rings is 1. The fraction of sp³-hybridized carbons (Fsp3) is 0.176. The van der Waals surface area contributed by atoms with Crippen LogP contribution in [0.4, 0.5) is 11.4 Å². The van der Waals surface area contributed by atoms with Crippen LogP contribution in [-0.4, -0.2) is 35.4 Å². The van der Waals surface area contributed by atoms with Gasteiger partial charge in [-0.3, -0.25) is 4.79 Å². The van der Waals surface area contributed by atoms with Crippen molar-refractivity contribution in [2.75, 3.05) is 19.5 Å². The quantitative estimate of drug-likeness (QED) is 0.707. The molecule has 0 radical (unpaired) electrons. The van der Waals surface area contributed by atoms with E-state index in [1.807, 2.05) is 25.1 Å². The van der Waals surface area contributed by atoms with Gasteiger partial charge in [0.05, 0.1) is 29.7 Å². The van der Waals surface area contributed by atoms with Crippen LogP contribution >= 0.6 is 11.6 Å². The minimum atomic E-state index is -0.391. The molecule has 134 valence electrons. The molecule has 0 saturated carbocycles. The number of hydrogen-bond donors (Lipinski definition) is 2. The summed E-state index contributed by atoms with van der Waals surface area (Å²) in [6.07, 6.45) is 0. The maximum Gasteiger partial charge on any atom is 0.273 e. The molecule has 0 atom stereocenters. The summed E-state index contributed by atoms with van der Waals surface area (Å²) in [5.41, 5.74) is 2.59. The van der Waals surface area contributed by atoms with Crippen LogP contribution in [0.5, 0.6) is 5.75 Å². The fourth-order valence-electron chi connectivity index (χ4n) is 2.43. The van der Waals surface area contributed by atoms with Gasteiger partial charge in [0.15, 0.2) is 22.4 Å². The Kier molecular flexibility index (Phi) is 5.04. The lowest BCUT2D eigenvalue weighted by molar-refractivity contribution is 0.0958. The lowest BCUT2D eigenvalue weighted by atomic mass is 10.1.